The van der Waals surface area contributed by atoms with Crippen molar-refractivity contribution in [3.8, 4) is 22.8 Å². The van der Waals surface area contributed by atoms with Gasteiger partial charge in [0.1, 0.15) is 11.4 Å². The van der Waals surface area contributed by atoms with Gasteiger partial charge in [-0.3, -0.25) is 0 Å². The number of hydrogen-bond acceptors (Lipinski definition) is 5. The Morgan fingerprint density at radius 1 is 1.26 bits per heavy atom. The number of hydrogen-bond donors (Lipinski definition) is 2. The molecule has 0 saturated heterocycles. The molecular formula is C19H16FN5O2. The first-order valence-electron chi connectivity index (χ1n) is 8.60. The monoisotopic (exact) mass is 365 g/mol. The molecule has 136 valence electrons. The summed E-state index contributed by atoms with van der Waals surface area (Å²) in [5, 5.41) is 29.9. The Morgan fingerprint density at radius 2 is 2.07 bits per heavy atom. The summed E-state index contributed by atoms with van der Waals surface area (Å²) in [6.07, 6.45) is 3.45. The molecule has 0 radical (unpaired) electrons. The highest BCUT2D eigenvalue weighted by Crippen LogP contribution is 2.42. The fourth-order valence-corrected chi connectivity index (χ4v) is 3.45. The third kappa shape index (κ3) is 2.41. The highest BCUT2D eigenvalue weighted by Gasteiger charge is 2.38. The van der Waals surface area contributed by atoms with Crippen molar-refractivity contribution >= 4 is 10.8 Å². The Hall–Kier alpha value is -3.26. The molecule has 4 aromatic rings. The number of aromatic hydroxyl groups is 1. The lowest BCUT2D eigenvalue weighted by Gasteiger charge is -2.04. The number of aromatic nitrogens is 5. The maximum atomic E-state index is 14.0. The Bertz CT molecular complexity index is 1180. The first-order valence-corrected chi connectivity index (χ1v) is 8.60. The van der Waals surface area contributed by atoms with Gasteiger partial charge >= 0.3 is 0 Å². The van der Waals surface area contributed by atoms with Gasteiger partial charge in [-0.05, 0) is 37.6 Å². The zero-order chi connectivity index (χ0) is 18.7. The molecule has 3 heterocycles. The lowest BCUT2D eigenvalue weighted by Crippen LogP contribution is -2.03. The molecule has 1 aliphatic rings. The largest absolute Gasteiger partial charge is 0.494 e. The van der Waals surface area contributed by atoms with Gasteiger partial charge in [0.25, 0.3) is 0 Å². The highest BCUT2D eigenvalue weighted by atomic mass is 19.1. The van der Waals surface area contributed by atoms with Crippen LogP contribution in [0.5, 0.6) is 5.88 Å². The van der Waals surface area contributed by atoms with E-state index in [0.717, 1.165) is 10.9 Å². The molecule has 2 N–H and O–H groups in total. The number of nitrogens with zero attached hydrogens (tertiary/aromatic N) is 5. The standard InChI is InChI=1S/C19H16FN5O2/c1-10-17(22-23-25(10)14-3-2-6-21-18(14)20)11-4-5-13-12(7-11)9-24(19(13)27)15-8-16(15)26/h2-7,9,15-16,26-27H,8H2,1H3. The van der Waals surface area contributed by atoms with Crippen LogP contribution in [-0.4, -0.2) is 40.9 Å². The molecule has 3 aromatic heterocycles. The minimum absolute atomic E-state index is 0.0722. The fraction of sp³-hybridized carbons (Fsp3) is 0.211. The van der Waals surface area contributed by atoms with Crippen LogP contribution in [0.4, 0.5) is 4.39 Å². The van der Waals surface area contributed by atoms with Gasteiger partial charge in [0, 0.05) is 28.7 Å². The van der Waals surface area contributed by atoms with Gasteiger partial charge in [-0.1, -0.05) is 11.3 Å². The van der Waals surface area contributed by atoms with Crippen molar-refractivity contribution in [2.24, 2.45) is 0 Å². The highest BCUT2D eigenvalue weighted by molar-refractivity contribution is 5.91. The summed E-state index contributed by atoms with van der Waals surface area (Å²) >= 11 is 0. The van der Waals surface area contributed by atoms with E-state index in [1.165, 1.54) is 10.9 Å². The van der Waals surface area contributed by atoms with Crippen LogP contribution in [-0.2, 0) is 0 Å². The second-order valence-electron chi connectivity index (χ2n) is 6.78. The second kappa shape index (κ2) is 5.62. The number of aliphatic hydroxyl groups excluding tert-OH is 1. The number of pyridine rings is 1. The van der Waals surface area contributed by atoms with Gasteiger partial charge in [-0.25, -0.2) is 9.67 Å². The molecule has 1 aliphatic carbocycles. The van der Waals surface area contributed by atoms with Crippen molar-refractivity contribution in [2.75, 3.05) is 0 Å². The third-order valence-corrected chi connectivity index (χ3v) is 5.03. The minimum Gasteiger partial charge on any atom is -0.494 e. The van der Waals surface area contributed by atoms with Crippen LogP contribution in [0, 0.1) is 12.9 Å². The number of fused-ring (bicyclic) bond motifs is 1. The van der Waals surface area contributed by atoms with E-state index in [2.05, 4.69) is 15.3 Å². The lowest BCUT2D eigenvalue weighted by atomic mass is 10.1. The molecule has 2 atom stereocenters. The summed E-state index contributed by atoms with van der Waals surface area (Å²) in [7, 11) is 0. The fourth-order valence-electron chi connectivity index (χ4n) is 3.45. The van der Waals surface area contributed by atoms with E-state index in [9.17, 15) is 14.6 Å². The first-order chi connectivity index (χ1) is 13.0. The lowest BCUT2D eigenvalue weighted by molar-refractivity contribution is 0.255. The second-order valence-corrected chi connectivity index (χ2v) is 6.78. The van der Waals surface area contributed by atoms with E-state index < -0.39 is 12.1 Å². The molecule has 0 aliphatic heterocycles. The zero-order valence-electron chi connectivity index (χ0n) is 14.4. The van der Waals surface area contributed by atoms with Gasteiger partial charge in [-0.2, -0.15) is 4.39 Å². The molecular weight excluding hydrogens is 349 g/mol. The maximum absolute atomic E-state index is 14.0. The summed E-state index contributed by atoms with van der Waals surface area (Å²) in [5.41, 5.74) is 2.35. The molecule has 1 saturated carbocycles. The predicted octanol–water partition coefficient (Wildman–Crippen LogP) is 2.74. The molecule has 5 rings (SSSR count). The van der Waals surface area contributed by atoms with Crippen molar-refractivity contribution in [3.63, 3.8) is 0 Å². The van der Waals surface area contributed by atoms with Gasteiger partial charge in [0.2, 0.25) is 5.95 Å². The van der Waals surface area contributed by atoms with Gasteiger partial charge in [0.05, 0.1) is 17.8 Å². The van der Waals surface area contributed by atoms with E-state index in [1.54, 1.807) is 16.7 Å². The molecule has 27 heavy (non-hydrogen) atoms. The van der Waals surface area contributed by atoms with E-state index in [-0.39, 0.29) is 17.6 Å². The molecule has 0 amide bonds. The van der Waals surface area contributed by atoms with Crippen molar-refractivity contribution in [1.29, 1.82) is 0 Å². The van der Waals surface area contributed by atoms with E-state index in [0.29, 0.717) is 23.2 Å². The maximum Gasteiger partial charge on any atom is 0.238 e. The van der Waals surface area contributed by atoms with Crippen LogP contribution in [0.15, 0.2) is 42.7 Å². The Balaban J connectivity index is 1.59. The molecule has 0 bridgehead atoms. The smallest absolute Gasteiger partial charge is 0.238 e. The molecule has 8 heteroatoms. The molecule has 7 nitrogen and oxygen atoms in total. The topological polar surface area (TPSA) is 89.0 Å². The SMILES string of the molecule is Cc1c(-c2ccc3c(O)n(C4CC4O)cc3c2)nnn1-c1cccnc1F. The van der Waals surface area contributed by atoms with Crippen molar-refractivity contribution < 1.29 is 14.6 Å². The Labute approximate surface area is 153 Å². The number of rotatable bonds is 3. The summed E-state index contributed by atoms with van der Waals surface area (Å²) in [4.78, 5) is 3.65. The first kappa shape index (κ1) is 16.0. The molecule has 1 fully saturated rings. The van der Waals surface area contributed by atoms with Crippen molar-refractivity contribution in [1.82, 2.24) is 24.5 Å². The number of aliphatic hydroxyl groups is 1. The van der Waals surface area contributed by atoms with Gasteiger partial charge < -0.3 is 14.8 Å². The van der Waals surface area contributed by atoms with E-state index in [4.69, 9.17) is 0 Å². The number of benzene rings is 1. The number of halogens is 1. The van der Waals surface area contributed by atoms with Crippen LogP contribution in [0.25, 0.3) is 27.7 Å². The Kier molecular flexibility index (Phi) is 3.32. The Morgan fingerprint density at radius 3 is 2.81 bits per heavy atom. The summed E-state index contributed by atoms with van der Waals surface area (Å²) in [5.74, 6) is -0.464. The third-order valence-electron chi connectivity index (χ3n) is 5.03. The van der Waals surface area contributed by atoms with Crippen molar-refractivity contribution in [2.45, 2.75) is 25.5 Å². The van der Waals surface area contributed by atoms with Crippen LogP contribution >= 0.6 is 0 Å². The summed E-state index contributed by atoms with van der Waals surface area (Å²) in [6, 6.07) is 8.72. The summed E-state index contributed by atoms with van der Waals surface area (Å²) in [6.45, 7) is 1.81. The quantitative estimate of drug-likeness (QED) is 0.545. The van der Waals surface area contributed by atoms with Crippen LogP contribution in [0.2, 0.25) is 0 Å². The van der Waals surface area contributed by atoms with Crippen LogP contribution in [0.3, 0.4) is 0 Å². The van der Waals surface area contributed by atoms with Crippen LogP contribution < -0.4 is 0 Å². The van der Waals surface area contributed by atoms with Crippen molar-refractivity contribution in [3.05, 3.63) is 54.4 Å². The molecule has 1 aromatic carbocycles. The zero-order valence-corrected chi connectivity index (χ0v) is 14.4. The molecule has 0 spiro atoms. The normalized spacial score (nSPS) is 18.9. The van der Waals surface area contributed by atoms with Gasteiger partial charge in [0.15, 0.2) is 5.88 Å². The minimum atomic E-state index is -0.613. The average molecular weight is 365 g/mol. The van der Waals surface area contributed by atoms with E-state index in [1.807, 2.05) is 31.3 Å². The van der Waals surface area contributed by atoms with E-state index >= 15 is 0 Å². The predicted molar refractivity (Wildman–Crippen MR) is 96.1 cm³/mol. The average Bonchev–Trinajstić information content (AvgIpc) is 3.12. The van der Waals surface area contributed by atoms with Gasteiger partial charge in [-0.15, -0.1) is 5.10 Å². The summed E-state index contributed by atoms with van der Waals surface area (Å²) < 4.78 is 17.1. The van der Waals surface area contributed by atoms with Crippen LogP contribution in [0.1, 0.15) is 18.2 Å². The molecule has 2 unspecified atom stereocenters.